The van der Waals surface area contributed by atoms with E-state index in [1.807, 2.05) is 0 Å². The number of carbonyl (C=O) groups is 4. The lowest BCUT2D eigenvalue weighted by atomic mass is 10.0. The second kappa shape index (κ2) is 59.1. The van der Waals surface area contributed by atoms with E-state index in [9.17, 15) is 43.2 Å². The highest BCUT2D eigenvalue weighted by Crippen LogP contribution is 2.45. The van der Waals surface area contributed by atoms with Crippen molar-refractivity contribution in [3.63, 3.8) is 0 Å². The summed E-state index contributed by atoms with van der Waals surface area (Å²) in [6.07, 6.45) is 41.8. The molecule has 0 heterocycles. The van der Waals surface area contributed by atoms with Gasteiger partial charge in [-0.15, -0.1) is 0 Å². The van der Waals surface area contributed by atoms with Crippen LogP contribution in [0.15, 0.2) is 0 Å². The van der Waals surface area contributed by atoms with Crippen molar-refractivity contribution in [1.29, 1.82) is 0 Å². The fourth-order valence-electron chi connectivity index (χ4n) is 10.2. The summed E-state index contributed by atoms with van der Waals surface area (Å²) in [4.78, 5) is 72.4. The largest absolute Gasteiger partial charge is 0.472 e. The summed E-state index contributed by atoms with van der Waals surface area (Å²) in [5, 5.41) is 10.6. The molecule has 5 atom stereocenters. The molecule has 0 aliphatic rings. The van der Waals surface area contributed by atoms with Crippen molar-refractivity contribution >= 4 is 39.5 Å². The van der Waals surface area contributed by atoms with E-state index in [-0.39, 0.29) is 25.7 Å². The van der Waals surface area contributed by atoms with Crippen molar-refractivity contribution in [2.45, 2.75) is 356 Å². The zero-order valence-electron chi connectivity index (χ0n) is 56.5. The molecule has 19 heteroatoms. The fourth-order valence-corrected chi connectivity index (χ4v) is 11.8. The highest BCUT2D eigenvalue weighted by molar-refractivity contribution is 7.47. The molecule has 0 saturated heterocycles. The predicted octanol–water partition coefficient (Wildman–Crippen LogP) is 19.1. The van der Waals surface area contributed by atoms with Crippen molar-refractivity contribution in [3.8, 4) is 0 Å². The number of hydrogen-bond acceptors (Lipinski definition) is 15. The number of carbonyl (C=O) groups excluding carboxylic acids is 4. The molecule has 0 saturated carbocycles. The molecule has 0 aliphatic carbocycles. The molecule has 0 aromatic rings. The van der Waals surface area contributed by atoms with E-state index in [0.29, 0.717) is 31.6 Å². The molecule has 0 amide bonds. The van der Waals surface area contributed by atoms with E-state index in [2.05, 4.69) is 48.5 Å². The van der Waals surface area contributed by atoms with Crippen LogP contribution in [0.3, 0.4) is 0 Å². The molecular formula is C68H132O17P2. The van der Waals surface area contributed by atoms with Crippen LogP contribution in [-0.2, 0) is 65.4 Å². The van der Waals surface area contributed by atoms with Gasteiger partial charge < -0.3 is 33.8 Å². The summed E-state index contributed by atoms with van der Waals surface area (Å²) >= 11 is 0. The van der Waals surface area contributed by atoms with Crippen LogP contribution in [0.2, 0.25) is 0 Å². The first-order valence-electron chi connectivity index (χ1n) is 35.3. The van der Waals surface area contributed by atoms with E-state index in [1.165, 1.54) is 141 Å². The minimum Gasteiger partial charge on any atom is -0.462 e. The van der Waals surface area contributed by atoms with Gasteiger partial charge in [0.05, 0.1) is 26.4 Å². The molecule has 17 nitrogen and oxygen atoms in total. The SMILES string of the molecule is CCCCCCCCCCCCCCCCC(=O)O[C@H](COC(=O)CCCCCCCCCCCC(C)C)COP(=O)(O)OC[C@@H](O)COP(=O)(O)OC[C@@H](COC(=O)CCCCCCCCC(C)C)OC(=O)CCCCCCCCCCCC(C)C. The van der Waals surface area contributed by atoms with E-state index >= 15 is 0 Å². The number of aliphatic hydroxyl groups excluding tert-OH is 1. The first-order chi connectivity index (χ1) is 41.7. The van der Waals surface area contributed by atoms with Crippen LogP contribution in [0, 0.1) is 17.8 Å². The second-order valence-electron chi connectivity index (χ2n) is 26.0. The Labute approximate surface area is 530 Å². The Balaban J connectivity index is 5.25. The molecule has 0 radical (unpaired) electrons. The Morgan fingerprint density at radius 1 is 0.310 bits per heavy atom. The minimum atomic E-state index is -4.95. The van der Waals surface area contributed by atoms with Gasteiger partial charge in [0.25, 0.3) is 0 Å². The third-order valence-electron chi connectivity index (χ3n) is 15.6. The van der Waals surface area contributed by atoms with Gasteiger partial charge in [0.2, 0.25) is 0 Å². The molecule has 87 heavy (non-hydrogen) atoms. The molecule has 0 aromatic heterocycles. The lowest BCUT2D eigenvalue weighted by molar-refractivity contribution is -0.161. The lowest BCUT2D eigenvalue weighted by Crippen LogP contribution is -2.30. The summed E-state index contributed by atoms with van der Waals surface area (Å²) < 4.78 is 68.2. The number of aliphatic hydroxyl groups is 1. The topological polar surface area (TPSA) is 237 Å². The molecule has 3 N–H and O–H groups in total. The van der Waals surface area contributed by atoms with Crippen molar-refractivity contribution < 1.29 is 80.2 Å². The smallest absolute Gasteiger partial charge is 0.462 e. The van der Waals surface area contributed by atoms with Gasteiger partial charge >= 0.3 is 39.5 Å². The molecule has 0 spiro atoms. The number of phosphoric ester groups is 2. The van der Waals surface area contributed by atoms with Crippen LogP contribution in [0.25, 0.3) is 0 Å². The standard InChI is InChI=1S/C68H132O17P2/c1-8-9-10-11-12-13-14-15-16-17-22-28-37-44-51-67(72)84-63(55-78-65(70)49-42-35-27-23-18-20-25-32-39-46-59(2)3)57-82-86(74,75)80-53-62(69)54-81-87(76,77)83-58-64(56-79-66(71)50-43-36-31-30-34-41-48-61(6)7)85-68(73)52-45-38-29-24-19-21-26-33-40-47-60(4)5/h59-64,69H,8-58H2,1-7H3,(H,74,75)(H,76,77)/t62-,63-,64-/m1/s1. The van der Waals surface area contributed by atoms with Crippen molar-refractivity contribution in [1.82, 2.24) is 0 Å². The summed E-state index contributed by atoms with van der Waals surface area (Å²) in [6, 6.07) is 0. The third kappa shape index (κ3) is 62.6. The Morgan fingerprint density at radius 3 is 0.782 bits per heavy atom. The second-order valence-corrected chi connectivity index (χ2v) is 28.9. The summed E-state index contributed by atoms with van der Waals surface area (Å²) in [5.41, 5.74) is 0. The number of unbranched alkanes of at least 4 members (excludes halogenated alkanes) is 34. The quantitative estimate of drug-likeness (QED) is 0.0222. The van der Waals surface area contributed by atoms with Gasteiger partial charge in [0, 0.05) is 25.7 Å². The van der Waals surface area contributed by atoms with Crippen LogP contribution in [0.5, 0.6) is 0 Å². The van der Waals surface area contributed by atoms with E-state index < -0.39 is 97.5 Å². The minimum absolute atomic E-state index is 0.104. The van der Waals surface area contributed by atoms with Crippen LogP contribution >= 0.6 is 15.6 Å². The summed E-state index contributed by atoms with van der Waals surface area (Å²) in [5.74, 6) is 0.0291. The van der Waals surface area contributed by atoms with Crippen molar-refractivity contribution in [2.75, 3.05) is 39.6 Å². The molecule has 0 fully saturated rings. The Hall–Kier alpha value is -1.94. The zero-order valence-corrected chi connectivity index (χ0v) is 58.3. The number of hydrogen-bond donors (Lipinski definition) is 3. The molecular weight excluding hydrogens is 1150 g/mol. The van der Waals surface area contributed by atoms with Crippen LogP contribution in [-0.4, -0.2) is 96.7 Å². The first-order valence-corrected chi connectivity index (χ1v) is 38.3. The molecule has 2 unspecified atom stereocenters. The number of ether oxygens (including phenoxy) is 4. The number of rotatable bonds is 66. The number of phosphoric acid groups is 2. The van der Waals surface area contributed by atoms with Gasteiger partial charge in [-0.2, -0.15) is 0 Å². The number of esters is 4. The van der Waals surface area contributed by atoms with Gasteiger partial charge in [-0.25, -0.2) is 9.13 Å². The van der Waals surface area contributed by atoms with Crippen molar-refractivity contribution in [3.05, 3.63) is 0 Å². The molecule has 0 aliphatic heterocycles. The maximum atomic E-state index is 13.0. The Kier molecular flexibility index (Phi) is 57.8. The Morgan fingerprint density at radius 2 is 0.529 bits per heavy atom. The van der Waals surface area contributed by atoms with Gasteiger partial charge in [0.15, 0.2) is 12.2 Å². The van der Waals surface area contributed by atoms with Crippen LogP contribution in [0.4, 0.5) is 0 Å². The molecule has 0 aromatic carbocycles. The van der Waals surface area contributed by atoms with Gasteiger partial charge in [-0.05, 0) is 43.4 Å². The monoisotopic (exact) mass is 1280 g/mol. The summed E-state index contributed by atoms with van der Waals surface area (Å²) in [7, 11) is -9.90. The summed E-state index contributed by atoms with van der Waals surface area (Å²) in [6.45, 7) is 11.7. The average molecular weight is 1280 g/mol. The highest BCUT2D eigenvalue weighted by Gasteiger charge is 2.30. The molecule has 0 bridgehead atoms. The highest BCUT2D eigenvalue weighted by atomic mass is 31.2. The normalized spacial score (nSPS) is 14.3. The maximum Gasteiger partial charge on any atom is 0.472 e. The zero-order chi connectivity index (χ0) is 64.5. The first kappa shape index (κ1) is 85.1. The van der Waals surface area contributed by atoms with Gasteiger partial charge in [-0.1, -0.05) is 286 Å². The predicted molar refractivity (Wildman–Crippen MR) is 349 cm³/mol. The van der Waals surface area contributed by atoms with Gasteiger partial charge in [-0.3, -0.25) is 37.3 Å². The van der Waals surface area contributed by atoms with E-state index in [1.54, 1.807) is 0 Å². The van der Waals surface area contributed by atoms with E-state index in [4.69, 9.17) is 37.0 Å². The fraction of sp³-hybridized carbons (Fsp3) is 0.941. The maximum absolute atomic E-state index is 13.0. The third-order valence-corrected chi connectivity index (χ3v) is 17.5. The lowest BCUT2D eigenvalue weighted by Gasteiger charge is -2.21. The van der Waals surface area contributed by atoms with Crippen LogP contribution < -0.4 is 0 Å². The Bertz CT molecular complexity index is 1720. The van der Waals surface area contributed by atoms with Crippen molar-refractivity contribution in [2.24, 2.45) is 17.8 Å². The van der Waals surface area contributed by atoms with Crippen LogP contribution in [0.1, 0.15) is 337 Å². The van der Waals surface area contributed by atoms with E-state index in [0.717, 1.165) is 108 Å². The molecule has 0 rings (SSSR count). The average Bonchev–Trinajstić information content (AvgIpc) is 3.61. The molecule has 516 valence electrons. The van der Waals surface area contributed by atoms with Gasteiger partial charge in [0.1, 0.15) is 19.3 Å².